The van der Waals surface area contributed by atoms with E-state index in [0.717, 1.165) is 42.9 Å². The van der Waals surface area contributed by atoms with Crippen LogP contribution in [-0.4, -0.2) is 40.4 Å². The highest BCUT2D eigenvalue weighted by Crippen LogP contribution is 2.23. The number of nitrogens with one attached hydrogen (secondary N) is 3. The van der Waals surface area contributed by atoms with Crippen LogP contribution < -0.4 is 21.2 Å². The van der Waals surface area contributed by atoms with Gasteiger partial charge in [0.05, 0.1) is 11.4 Å². The summed E-state index contributed by atoms with van der Waals surface area (Å²) in [6.45, 7) is 4.40. The smallest absolute Gasteiger partial charge is 0.330 e. The van der Waals surface area contributed by atoms with Gasteiger partial charge in [-0.3, -0.25) is 4.57 Å². The van der Waals surface area contributed by atoms with Gasteiger partial charge < -0.3 is 25.6 Å². The zero-order valence-electron chi connectivity index (χ0n) is 18.2. The number of aliphatic hydroxyl groups is 1. The second-order valence-electron chi connectivity index (χ2n) is 8.17. The molecule has 32 heavy (non-hydrogen) atoms. The number of H-pyrrole nitrogens is 1. The van der Waals surface area contributed by atoms with Crippen LogP contribution in [0.3, 0.4) is 0 Å². The molecule has 0 unspecified atom stereocenters. The SMILES string of the molecule is Cc1c[nH]c(=O)n1-c1ccccc1NC(=O)NCc1ccc(N2CCC(CO)CC2)cc1. The Labute approximate surface area is 186 Å². The minimum atomic E-state index is -0.339. The third-order valence-electron chi connectivity index (χ3n) is 5.98. The van der Waals surface area contributed by atoms with Crippen LogP contribution in [0.5, 0.6) is 0 Å². The maximum Gasteiger partial charge on any atom is 0.330 e. The highest BCUT2D eigenvalue weighted by atomic mass is 16.3. The van der Waals surface area contributed by atoms with Crippen molar-refractivity contribution in [3.8, 4) is 5.69 Å². The third-order valence-corrected chi connectivity index (χ3v) is 5.98. The second kappa shape index (κ2) is 9.74. The molecular weight excluding hydrogens is 406 g/mol. The number of aromatic nitrogens is 2. The van der Waals surface area contributed by atoms with Gasteiger partial charge >= 0.3 is 11.7 Å². The average molecular weight is 436 g/mol. The molecule has 168 valence electrons. The predicted octanol–water partition coefficient (Wildman–Crippen LogP) is 3.00. The molecule has 1 aromatic heterocycles. The molecule has 1 aliphatic heterocycles. The molecule has 1 fully saturated rings. The molecule has 0 bridgehead atoms. The van der Waals surface area contributed by atoms with Crippen LogP contribution in [0, 0.1) is 12.8 Å². The highest BCUT2D eigenvalue weighted by molar-refractivity contribution is 5.91. The molecule has 0 spiro atoms. The minimum absolute atomic E-state index is 0.252. The lowest BCUT2D eigenvalue weighted by molar-refractivity contribution is 0.203. The summed E-state index contributed by atoms with van der Waals surface area (Å²) >= 11 is 0. The molecule has 1 aliphatic rings. The normalized spacial score (nSPS) is 14.4. The lowest BCUT2D eigenvalue weighted by Gasteiger charge is -2.33. The number of urea groups is 1. The van der Waals surface area contributed by atoms with Crippen LogP contribution in [0.2, 0.25) is 0 Å². The maximum atomic E-state index is 12.5. The third kappa shape index (κ3) is 4.86. The van der Waals surface area contributed by atoms with E-state index < -0.39 is 0 Å². The number of carbonyl (C=O) groups is 1. The molecule has 0 saturated carbocycles. The topological polar surface area (TPSA) is 102 Å². The Morgan fingerprint density at radius 1 is 1.12 bits per heavy atom. The first-order chi connectivity index (χ1) is 15.5. The van der Waals surface area contributed by atoms with Crippen molar-refractivity contribution in [2.24, 2.45) is 5.92 Å². The number of aryl methyl sites for hydroxylation is 1. The number of nitrogens with zero attached hydrogens (tertiary/aromatic N) is 2. The lowest BCUT2D eigenvalue weighted by Crippen LogP contribution is -2.34. The number of hydrogen-bond acceptors (Lipinski definition) is 4. The number of amides is 2. The molecule has 0 radical (unpaired) electrons. The van der Waals surface area contributed by atoms with Crippen molar-refractivity contribution in [3.63, 3.8) is 0 Å². The van der Waals surface area contributed by atoms with Gasteiger partial charge in [0.1, 0.15) is 0 Å². The van der Waals surface area contributed by atoms with E-state index in [0.29, 0.717) is 23.8 Å². The Balaban J connectivity index is 1.35. The molecule has 2 amide bonds. The summed E-state index contributed by atoms with van der Waals surface area (Å²) in [5.41, 5.74) is 3.83. The van der Waals surface area contributed by atoms with Crippen LogP contribution in [0.1, 0.15) is 24.1 Å². The van der Waals surface area contributed by atoms with Gasteiger partial charge in [0, 0.05) is 43.8 Å². The maximum absolute atomic E-state index is 12.5. The summed E-state index contributed by atoms with van der Waals surface area (Å²) < 4.78 is 1.53. The first kappa shape index (κ1) is 21.7. The fourth-order valence-electron chi connectivity index (χ4n) is 4.08. The van der Waals surface area contributed by atoms with Crippen LogP contribution in [0.15, 0.2) is 59.5 Å². The molecule has 0 aliphatic carbocycles. The number of piperidine rings is 1. The molecular formula is C24H29N5O3. The van der Waals surface area contributed by atoms with E-state index in [4.69, 9.17) is 0 Å². The summed E-state index contributed by atoms with van der Waals surface area (Å²) in [7, 11) is 0. The number of aliphatic hydroxyl groups excluding tert-OH is 1. The van der Waals surface area contributed by atoms with Crippen molar-refractivity contribution >= 4 is 17.4 Å². The molecule has 1 saturated heterocycles. The summed E-state index contributed by atoms with van der Waals surface area (Å²) in [6.07, 6.45) is 3.66. The van der Waals surface area contributed by atoms with Gasteiger partial charge in [0.15, 0.2) is 0 Å². The average Bonchev–Trinajstić information content (AvgIpc) is 3.16. The summed E-state index contributed by atoms with van der Waals surface area (Å²) in [4.78, 5) is 29.6. The summed E-state index contributed by atoms with van der Waals surface area (Å²) in [5.74, 6) is 0.415. The van der Waals surface area contributed by atoms with Gasteiger partial charge in [-0.2, -0.15) is 0 Å². The Morgan fingerprint density at radius 2 is 1.84 bits per heavy atom. The number of aromatic amines is 1. The molecule has 0 atom stereocenters. The first-order valence-corrected chi connectivity index (χ1v) is 10.9. The van der Waals surface area contributed by atoms with Gasteiger partial charge in [0.2, 0.25) is 0 Å². The quantitative estimate of drug-likeness (QED) is 0.478. The van der Waals surface area contributed by atoms with Crippen molar-refractivity contribution in [1.29, 1.82) is 0 Å². The van der Waals surface area contributed by atoms with E-state index in [9.17, 15) is 14.7 Å². The molecule has 4 N–H and O–H groups in total. The Hall–Kier alpha value is -3.52. The van der Waals surface area contributed by atoms with Crippen LogP contribution in [0.25, 0.3) is 5.69 Å². The largest absolute Gasteiger partial charge is 0.396 e. The van der Waals surface area contributed by atoms with Crippen molar-refractivity contribution in [2.45, 2.75) is 26.3 Å². The highest BCUT2D eigenvalue weighted by Gasteiger charge is 2.18. The van der Waals surface area contributed by atoms with Gasteiger partial charge in [-0.05, 0) is 55.5 Å². The molecule has 3 aromatic rings. The molecule has 8 nitrogen and oxygen atoms in total. The summed E-state index contributed by atoms with van der Waals surface area (Å²) in [6, 6.07) is 15.0. The number of hydrogen-bond donors (Lipinski definition) is 4. The number of benzene rings is 2. The van der Waals surface area contributed by atoms with E-state index >= 15 is 0 Å². The fraction of sp³-hybridized carbons (Fsp3) is 0.333. The number of para-hydroxylation sites is 2. The Morgan fingerprint density at radius 3 is 2.50 bits per heavy atom. The number of rotatable bonds is 6. The summed E-state index contributed by atoms with van der Waals surface area (Å²) in [5, 5.41) is 15.0. The first-order valence-electron chi connectivity index (χ1n) is 10.9. The Kier molecular flexibility index (Phi) is 6.61. The van der Waals surface area contributed by atoms with Gasteiger partial charge in [-0.25, -0.2) is 9.59 Å². The van der Waals surface area contributed by atoms with E-state index in [1.807, 2.05) is 31.2 Å². The van der Waals surface area contributed by atoms with Crippen molar-refractivity contribution < 1.29 is 9.90 Å². The second-order valence-corrected chi connectivity index (χ2v) is 8.17. The molecule has 2 aromatic carbocycles. The fourth-order valence-corrected chi connectivity index (χ4v) is 4.08. The van der Waals surface area contributed by atoms with Crippen LogP contribution >= 0.6 is 0 Å². The molecule has 8 heteroatoms. The lowest BCUT2D eigenvalue weighted by atomic mass is 9.97. The van der Waals surface area contributed by atoms with Crippen LogP contribution in [0.4, 0.5) is 16.2 Å². The standard InChI is InChI=1S/C24H29N5O3/c1-17-14-26-24(32)29(17)22-5-3-2-4-21(22)27-23(31)25-15-18-6-8-20(9-7-18)28-12-10-19(16-30)11-13-28/h2-9,14,19,30H,10-13,15-16H2,1H3,(H,26,32)(H2,25,27,31). The van der Waals surface area contributed by atoms with Gasteiger partial charge in [0.25, 0.3) is 0 Å². The zero-order chi connectivity index (χ0) is 22.5. The van der Waals surface area contributed by atoms with Gasteiger partial charge in [-0.1, -0.05) is 24.3 Å². The predicted molar refractivity (Wildman–Crippen MR) is 125 cm³/mol. The van der Waals surface area contributed by atoms with Crippen LogP contribution in [-0.2, 0) is 6.54 Å². The van der Waals surface area contributed by atoms with E-state index in [-0.39, 0.29) is 18.3 Å². The van der Waals surface area contributed by atoms with Crippen molar-refractivity contribution in [2.75, 3.05) is 29.9 Å². The molecule has 4 rings (SSSR count). The van der Waals surface area contributed by atoms with Gasteiger partial charge in [-0.15, -0.1) is 0 Å². The van der Waals surface area contributed by atoms with E-state index in [1.165, 1.54) is 4.57 Å². The number of anilines is 2. The number of carbonyl (C=O) groups excluding carboxylic acids is 1. The zero-order valence-corrected chi connectivity index (χ0v) is 18.2. The molecule has 2 heterocycles. The van der Waals surface area contributed by atoms with Crippen molar-refractivity contribution in [3.05, 3.63) is 76.5 Å². The Bertz CT molecular complexity index is 1110. The number of imidazole rings is 1. The van der Waals surface area contributed by atoms with E-state index in [1.54, 1.807) is 18.3 Å². The van der Waals surface area contributed by atoms with Crippen molar-refractivity contribution in [1.82, 2.24) is 14.9 Å². The monoisotopic (exact) mass is 435 g/mol. The van der Waals surface area contributed by atoms with E-state index in [2.05, 4.69) is 32.7 Å². The minimum Gasteiger partial charge on any atom is -0.396 e.